The summed E-state index contributed by atoms with van der Waals surface area (Å²) in [5, 5.41) is 38.5. The van der Waals surface area contributed by atoms with Gasteiger partial charge in [0.2, 0.25) is 0 Å². The number of nitro groups is 2. The molecule has 0 atom stereocenters. The van der Waals surface area contributed by atoms with Gasteiger partial charge >= 0.3 is 11.4 Å². The van der Waals surface area contributed by atoms with Crippen LogP contribution in [-0.2, 0) is 34.1 Å². The van der Waals surface area contributed by atoms with Crippen molar-refractivity contribution in [1.29, 1.82) is 0 Å². The summed E-state index contributed by atoms with van der Waals surface area (Å²) in [6, 6.07) is 1.55. The summed E-state index contributed by atoms with van der Waals surface area (Å²) in [5.41, 5.74) is -1.89. The number of hydrogen-bond acceptors (Lipinski definition) is 6. The van der Waals surface area contributed by atoms with E-state index in [4.69, 9.17) is 10.2 Å². The first-order chi connectivity index (χ1) is 6.45. The number of phenols is 2. The molecule has 16 heavy (non-hydrogen) atoms. The minimum Gasteiger partial charge on any atom is -0.502 e. The van der Waals surface area contributed by atoms with Crippen LogP contribution in [0.1, 0.15) is 0 Å². The second kappa shape index (κ2) is 6.29. The first-order valence-electron chi connectivity index (χ1n) is 3.29. The average molecular weight is 312 g/mol. The Morgan fingerprint density at radius 2 is 1.50 bits per heavy atom. The van der Waals surface area contributed by atoms with Crippen molar-refractivity contribution >= 4 is 11.4 Å². The number of rotatable bonds is 2. The molecule has 0 aliphatic heterocycles. The Hall–Kier alpha value is -1.34. The molecule has 0 unspecified atom stereocenters. The first kappa shape index (κ1) is 17.1. The molecule has 0 aliphatic carbocycles. The van der Waals surface area contributed by atoms with E-state index >= 15 is 0 Å². The first-order valence-corrected chi connectivity index (χ1v) is 3.29. The van der Waals surface area contributed by atoms with Gasteiger partial charge in [0, 0.05) is 40.2 Å². The van der Waals surface area contributed by atoms with Crippen LogP contribution in [-0.4, -0.2) is 20.1 Å². The van der Waals surface area contributed by atoms with E-state index in [0.717, 1.165) is 12.1 Å². The van der Waals surface area contributed by atoms with Crippen molar-refractivity contribution in [2.45, 2.75) is 0 Å². The zero-order chi connectivity index (χ0) is 10.9. The molecule has 0 spiro atoms. The van der Waals surface area contributed by atoms with Gasteiger partial charge in [-0.3, -0.25) is 20.2 Å². The molecule has 0 saturated heterocycles. The van der Waals surface area contributed by atoms with Crippen LogP contribution in [0.2, 0.25) is 0 Å². The average Bonchev–Trinajstić information content (AvgIpc) is 2.02. The van der Waals surface area contributed by atoms with Crippen molar-refractivity contribution in [1.82, 2.24) is 0 Å². The fraction of sp³-hybridized carbons (Fsp3) is 0. The summed E-state index contributed by atoms with van der Waals surface area (Å²) < 4.78 is 0. The van der Waals surface area contributed by atoms with Crippen LogP contribution >= 0.6 is 0 Å². The molecule has 1 aromatic rings. The van der Waals surface area contributed by atoms with Gasteiger partial charge in [-0.15, -0.1) is 0 Å². The monoisotopic (exact) mass is 312 g/mol. The smallest absolute Gasteiger partial charge is 0.359 e. The zero-order valence-corrected chi connectivity index (χ0v) is 9.49. The predicted octanol–water partition coefficient (Wildman–Crippen LogP) is 0.909. The van der Waals surface area contributed by atoms with Crippen LogP contribution in [0.3, 0.4) is 0 Å². The molecule has 0 saturated carbocycles. The molecule has 1 rings (SSSR count). The molecule has 8 nitrogen and oxygen atoms in total. The summed E-state index contributed by atoms with van der Waals surface area (Å²) in [6.45, 7) is 0. The summed E-state index contributed by atoms with van der Waals surface area (Å²) in [7, 11) is 0. The molecule has 0 heterocycles. The van der Waals surface area contributed by atoms with Crippen molar-refractivity contribution in [2.24, 2.45) is 0 Å². The van der Waals surface area contributed by atoms with E-state index in [1.54, 1.807) is 0 Å². The van der Waals surface area contributed by atoms with Crippen LogP contribution in [0.5, 0.6) is 11.5 Å². The van der Waals surface area contributed by atoms with E-state index in [1.165, 1.54) is 0 Å². The van der Waals surface area contributed by atoms with Crippen LogP contribution in [0.4, 0.5) is 11.4 Å². The second-order valence-electron chi connectivity index (χ2n) is 2.32. The molecular weight excluding hydrogens is 308 g/mol. The molecule has 0 aromatic heterocycles. The number of nitrogens with zero attached hydrogens (tertiary/aromatic N) is 2. The van der Waals surface area contributed by atoms with Crippen molar-refractivity contribution < 1.29 is 54.2 Å². The summed E-state index contributed by atoms with van der Waals surface area (Å²) in [4.78, 5) is 18.4. The fourth-order valence-electron chi connectivity index (χ4n) is 0.886. The fourth-order valence-corrected chi connectivity index (χ4v) is 0.886. The van der Waals surface area contributed by atoms with Gasteiger partial charge in [0.25, 0.3) is 5.75 Å². The summed E-state index contributed by atoms with van der Waals surface area (Å²) in [6.07, 6.45) is 0. The number of hydrogen-bond donors (Lipinski definition) is 2. The van der Waals surface area contributed by atoms with E-state index in [2.05, 4.69) is 0 Å². The molecule has 2 N–H and O–H groups in total. The Morgan fingerprint density at radius 1 is 1.00 bits per heavy atom. The Balaban J connectivity index is 0. The molecule has 0 bridgehead atoms. The molecule has 0 radical (unpaired) electrons. The number of benzene rings is 1. The minimum absolute atomic E-state index is 0. The predicted molar refractivity (Wildman–Crippen MR) is 43.1 cm³/mol. The Morgan fingerprint density at radius 3 is 1.88 bits per heavy atom. The van der Waals surface area contributed by atoms with Gasteiger partial charge in [-0.05, 0) is 6.07 Å². The van der Waals surface area contributed by atoms with Crippen molar-refractivity contribution in [3.8, 4) is 11.5 Å². The van der Waals surface area contributed by atoms with Crippen LogP contribution in [0.15, 0.2) is 12.1 Å². The largest absolute Gasteiger partial charge is 0.502 e. The van der Waals surface area contributed by atoms with Gasteiger partial charge in [0.05, 0.1) is 9.85 Å². The maximum Gasteiger partial charge on any atom is 0.359 e. The molecule has 1 aromatic carbocycles. The van der Waals surface area contributed by atoms with Crippen LogP contribution in [0, 0.1) is 20.2 Å². The topological polar surface area (TPSA) is 127 Å². The number of aromatic hydroxyl groups is 2. The van der Waals surface area contributed by atoms with E-state index in [9.17, 15) is 20.2 Å². The van der Waals surface area contributed by atoms with E-state index in [0.29, 0.717) is 0 Å². The van der Waals surface area contributed by atoms with Crippen LogP contribution < -0.4 is 0 Å². The number of nitro benzene ring substituents is 2. The number of phenolic OH excluding ortho intramolecular Hbond substituents is 2. The molecule has 0 fully saturated rings. The third-order valence-electron chi connectivity index (χ3n) is 1.49. The summed E-state index contributed by atoms with van der Waals surface area (Å²) >= 11 is 0. The standard InChI is InChI=1S/C6H4N2O6.2Fe/c9-4-2-1-3(7(11)12)6(10)5(4)8(13)14;;/h1-2,9-10H;;. The van der Waals surface area contributed by atoms with Gasteiger partial charge in [0.15, 0.2) is 5.75 Å². The Labute approximate surface area is 110 Å². The van der Waals surface area contributed by atoms with Crippen molar-refractivity contribution in [3.63, 3.8) is 0 Å². The third-order valence-corrected chi connectivity index (χ3v) is 1.49. The van der Waals surface area contributed by atoms with Gasteiger partial charge in [-0.25, -0.2) is 0 Å². The second-order valence-corrected chi connectivity index (χ2v) is 2.32. The van der Waals surface area contributed by atoms with E-state index in [1.807, 2.05) is 0 Å². The molecule has 10 heteroatoms. The quantitative estimate of drug-likeness (QED) is 0.475. The van der Waals surface area contributed by atoms with Gasteiger partial charge < -0.3 is 10.2 Å². The maximum atomic E-state index is 10.3. The molecule has 0 amide bonds. The minimum atomic E-state index is -1.15. The Bertz CT molecular complexity index is 424. The summed E-state index contributed by atoms with van der Waals surface area (Å²) in [5.74, 6) is -1.97. The van der Waals surface area contributed by atoms with E-state index < -0.39 is 32.7 Å². The Kier molecular flexibility index (Phi) is 6.71. The molecule has 90 valence electrons. The molecular formula is C6H4Fe2N2O6. The normalized spacial score (nSPS) is 8.50. The van der Waals surface area contributed by atoms with E-state index in [-0.39, 0.29) is 34.1 Å². The molecule has 0 aliphatic rings. The van der Waals surface area contributed by atoms with Crippen molar-refractivity contribution in [2.75, 3.05) is 0 Å². The maximum absolute atomic E-state index is 10.3. The van der Waals surface area contributed by atoms with Crippen molar-refractivity contribution in [3.05, 3.63) is 32.4 Å². The SMILES string of the molecule is O=[N+]([O-])c1ccc(O)c([N+](=O)[O-])c1O.[Fe].[Fe]. The third kappa shape index (κ3) is 3.07. The van der Waals surface area contributed by atoms with Gasteiger partial charge in [0.1, 0.15) is 0 Å². The van der Waals surface area contributed by atoms with Gasteiger partial charge in [-0.1, -0.05) is 0 Å². The van der Waals surface area contributed by atoms with Crippen LogP contribution in [0.25, 0.3) is 0 Å². The zero-order valence-electron chi connectivity index (χ0n) is 7.28. The van der Waals surface area contributed by atoms with Gasteiger partial charge in [-0.2, -0.15) is 0 Å².